The van der Waals surface area contributed by atoms with Gasteiger partial charge in [-0.2, -0.15) is 11.8 Å². The second-order valence-electron chi connectivity index (χ2n) is 3.88. The van der Waals surface area contributed by atoms with Gasteiger partial charge in [0.15, 0.2) is 0 Å². The monoisotopic (exact) mass is 220 g/mol. The molecule has 2 heteroatoms. The molecule has 0 radical (unpaired) electrons. The van der Waals surface area contributed by atoms with Crippen LogP contribution in [0.1, 0.15) is 51.4 Å². The fraction of sp³-hybridized carbons (Fsp3) is 1.00. The van der Waals surface area contributed by atoms with Crippen molar-refractivity contribution in [1.82, 2.24) is 0 Å². The smallest absolute Gasteiger partial charge is 0.0223 e. The van der Waals surface area contributed by atoms with Crippen LogP contribution in [0.5, 0.6) is 0 Å². The van der Waals surface area contributed by atoms with E-state index in [0.717, 1.165) is 11.1 Å². The fourth-order valence-corrected chi connectivity index (χ4v) is 3.41. The number of hydrogen-bond donors (Lipinski definition) is 0. The molecular formula is C11H21ClS. The molecule has 0 N–H and O–H groups in total. The lowest BCUT2D eigenvalue weighted by Crippen LogP contribution is -1.95. The van der Waals surface area contributed by atoms with Gasteiger partial charge in [0.25, 0.3) is 0 Å². The van der Waals surface area contributed by atoms with Gasteiger partial charge in [0.1, 0.15) is 0 Å². The summed E-state index contributed by atoms with van der Waals surface area (Å²) in [6.45, 7) is 0. The number of alkyl halides is 1. The zero-order chi connectivity index (χ0) is 9.36. The first kappa shape index (κ1) is 11.7. The maximum Gasteiger partial charge on any atom is 0.0223 e. The zero-order valence-corrected chi connectivity index (χ0v) is 10.0. The van der Waals surface area contributed by atoms with E-state index in [2.05, 4.69) is 11.8 Å². The van der Waals surface area contributed by atoms with Crippen molar-refractivity contribution in [1.29, 1.82) is 0 Å². The molecule has 0 aliphatic heterocycles. The van der Waals surface area contributed by atoms with Crippen LogP contribution in [0, 0.1) is 0 Å². The maximum absolute atomic E-state index is 5.61. The van der Waals surface area contributed by atoms with Gasteiger partial charge in [-0.3, -0.25) is 0 Å². The second-order valence-corrected chi connectivity index (χ2v) is 5.67. The highest BCUT2D eigenvalue weighted by Crippen LogP contribution is 2.29. The summed E-state index contributed by atoms with van der Waals surface area (Å²) in [7, 11) is 0. The zero-order valence-electron chi connectivity index (χ0n) is 8.43. The predicted octanol–water partition coefficient (Wildman–Crippen LogP) is 4.46. The molecule has 0 nitrogen and oxygen atoms in total. The summed E-state index contributed by atoms with van der Waals surface area (Å²) in [6, 6.07) is 0. The number of rotatable bonds is 7. The number of unbranched alkanes of at least 4 members (excludes halogenated alkanes) is 3. The molecule has 1 aliphatic carbocycles. The molecule has 1 aliphatic rings. The number of halogens is 1. The van der Waals surface area contributed by atoms with Gasteiger partial charge in [-0.15, -0.1) is 11.6 Å². The van der Waals surface area contributed by atoms with Gasteiger partial charge in [0.05, 0.1) is 0 Å². The molecule has 0 aromatic carbocycles. The Labute approximate surface area is 91.8 Å². The first-order chi connectivity index (χ1) is 6.43. The Hall–Kier alpha value is 0.640. The summed E-state index contributed by atoms with van der Waals surface area (Å²) in [6.07, 6.45) is 11.2. The molecule has 78 valence electrons. The summed E-state index contributed by atoms with van der Waals surface area (Å²) >= 11 is 7.82. The lowest BCUT2D eigenvalue weighted by molar-refractivity contribution is 0.708. The summed E-state index contributed by atoms with van der Waals surface area (Å²) in [5.74, 6) is 2.22. The summed E-state index contributed by atoms with van der Waals surface area (Å²) < 4.78 is 0. The molecule has 0 heterocycles. The molecule has 1 rings (SSSR count). The van der Waals surface area contributed by atoms with Crippen LogP contribution < -0.4 is 0 Å². The highest BCUT2D eigenvalue weighted by atomic mass is 35.5. The lowest BCUT2D eigenvalue weighted by Gasteiger charge is -2.07. The summed E-state index contributed by atoms with van der Waals surface area (Å²) in [5.41, 5.74) is 0. The molecule has 1 fully saturated rings. The quantitative estimate of drug-likeness (QED) is 0.451. The number of thioether (sulfide) groups is 1. The molecule has 0 amide bonds. The van der Waals surface area contributed by atoms with Crippen molar-refractivity contribution in [3.05, 3.63) is 0 Å². The van der Waals surface area contributed by atoms with E-state index in [1.165, 1.54) is 57.1 Å². The van der Waals surface area contributed by atoms with Gasteiger partial charge in [0, 0.05) is 11.1 Å². The Morgan fingerprint density at radius 3 is 2.38 bits per heavy atom. The third kappa shape index (κ3) is 5.85. The standard InChI is InChI=1S/C11H21ClS/c12-9-5-1-2-6-10-13-11-7-3-4-8-11/h11H,1-10H2. The van der Waals surface area contributed by atoms with Gasteiger partial charge in [-0.05, 0) is 31.4 Å². The van der Waals surface area contributed by atoms with Crippen LogP contribution in [0.25, 0.3) is 0 Å². The highest BCUT2D eigenvalue weighted by Gasteiger charge is 2.14. The van der Waals surface area contributed by atoms with E-state index in [-0.39, 0.29) is 0 Å². The van der Waals surface area contributed by atoms with Crippen LogP contribution in [0.3, 0.4) is 0 Å². The SMILES string of the molecule is ClCCCCCCSC1CCCC1. The van der Waals surface area contributed by atoms with Crippen LogP contribution in [0.2, 0.25) is 0 Å². The van der Waals surface area contributed by atoms with Crippen molar-refractivity contribution in [3.63, 3.8) is 0 Å². The van der Waals surface area contributed by atoms with Gasteiger partial charge in [-0.25, -0.2) is 0 Å². The lowest BCUT2D eigenvalue weighted by atomic mass is 10.2. The molecule has 0 saturated heterocycles. The van der Waals surface area contributed by atoms with E-state index in [1.807, 2.05) is 0 Å². The van der Waals surface area contributed by atoms with E-state index < -0.39 is 0 Å². The van der Waals surface area contributed by atoms with Crippen LogP contribution >= 0.6 is 23.4 Å². The molecule has 0 bridgehead atoms. The van der Waals surface area contributed by atoms with Crippen LogP contribution in [0.4, 0.5) is 0 Å². The first-order valence-electron chi connectivity index (χ1n) is 5.61. The predicted molar refractivity (Wildman–Crippen MR) is 63.9 cm³/mol. The third-order valence-corrected chi connectivity index (χ3v) is 4.42. The molecule has 0 atom stereocenters. The van der Waals surface area contributed by atoms with E-state index in [0.29, 0.717) is 0 Å². The average molecular weight is 221 g/mol. The normalized spacial score (nSPS) is 18.2. The molecular weight excluding hydrogens is 200 g/mol. The molecule has 13 heavy (non-hydrogen) atoms. The van der Waals surface area contributed by atoms with E-state index >= 15 is 0 Å². The maximum atomic E-state index is 5.61. The van der Waals surface area contributed by atoms with Gasteiger partial charge >= 0.3 is 0 Å². The second kappa shape index (κ2) is 7.99. The molecule has 1 saturated carbocycles. The Kier molecular flexibility index (Phi) is 7.20. The third-order valence-electron chi connectivity index (χ3n) is 2.68. The van der Waals surface area contributed by atoms with Crippen LogP contribution in [-0.2, 0) is 0 Å². The van der Waals surface area contributed by atoms with Crippen molar-refractivity contribution < 1.29 is 0 Å². The van der Waals surface area contributed by atoms with Crippen LogP contribution in [-0.4, -0.2) is 16.9 Å². The van der Waals surface area contributed by atoms with Gasteiger partial charge in [-0.1, -0.05) is 25.7 Å². The first-order valence-corrected chi connectivity index (χ1v) is 7.19. The largest absolute Gasteiger partial charge is 0.159 e. The van der Waals surface area contributed by atoms with Crippen molar-refractivity contribution >= 4 is 23.4 Å². The van der Waals surface area contributed by atoms with Crippen molar-refractivity contribution in [2.75, 3.05) is 11.6 Å². The van der Waals surface area contributed by atoms with E-state index in [9.17, 15) is 0 Å². The average Bonchev–Trinajstić information content (AvgIpc) is 2.63. The summed E-state index contributed by atoms with van der Waals surface area (Å²) in [5, 5.41) is 1.01. The Bertz CT molecular complexity index is 111. The Balaban J connectivity index is 1.78. The van der Waals surface area contributed by atoms with Crippen LogP contribution in [0.15, 0.2) is 0 Å². The summed E-state index contributed by atoms with van der Waals surface area (Å²) in [4.78, 5) is 0. The Morgan fingerprint density at radius 2 is 1.69 bits per heavy atom. The van der Waals surface area contributed by atoms with Gasteiger partial charge in [0.2, 0.25) is 0 Å². The minimum Gasteiger partial charge on any atom is -0.159 e. The molecule has 0 aromatic rings. The van der Waals surface area contributed by atoms with E-state index in [1.54, 1.807) is 0 Å². The molecule has 0 spiro atoms. The minimum absolute atomic E-state index is 0.843. The molecule has 0 unspecified atom stereocenters. The highest BCUT2D eigenvalue weighted by molar-refractivity contribution is 7.99. The van der Waals surface area contributed by atoms with Crippen molar-refractivity contribution in [2.24, 2.45) is 0 Å². The van der Waals surface area contributed by atoms with Crippen molar-refractivity contribution in [2.45, 2.75) is 56.6 Å². The van der Waals surface area contributed by atoms with E-state index in [4.69, 9.17) is 11.6 Å². The topological polar surface area (TPSA) is 0 Å². The molecule has 0 aromatic heterocycles. The van der Waals surface area contributed by atoms with Gasteiger partial charge < -0.3 is 0 Å². The Morgan fingerprint density at radius 1 is 1.00 bits per heavy atom. The fourth-order valence-electron chi connectivity index (χ4n) is 1.86. The number of hydrogen-bond acceptors (Lipinski definition) is 1. The minimum atomic E-state index is 0.843. The van der Waals surface area contributed by atoms with Crippen molar-refractivity contribution in [3.8, 4) is 0 Å².